The largest absolute Gasteiger partial charge is 0.342 e. The summed E-state index contributed by atoms with van der Waals surface area (Å²) in [5, 5.41) is 9.80. The molecule has 1 amide bonds. The molecule has 4 rings (SSSR count). The van der Waals surface area contributed by atoms with Gasteiger partial charge in [-0.1, -0.05) is 79.7 Å². The maximum atomic E-state index is 13.6. The second-order valence-corrected chi connectivity index (χ2v) is 9.07. The van der Waals surface area contributed by atoms with Crippen molar-refractivity contribution in [3.63, 3.8) is 0 Å². The van der Waals surface area contributed by atoms with Gasteiger partial charge in [0.25, 0.3) is 0 Å². The number of carbonyl (C=O) groups is 1. The molecule has 3 aromatic rings. The number of hydrogen-bond donors (Lipinski definition) is 1. The predicted molar refractivity (Wildman–Crippen MR) is 126 cm³/mol. The molecule has 0 radical (unpaired) electrons. The Kier molecular flexibility index (Phi) is 6.83. The van der Waals surface area contributed by atoms with Gasteiger partial charge in [-0.3, -0.25) is 4.79 Å². The highest BCUT2D eigenvalue weighted by Gasteiger charge is 2.39. The number of benzene rings is 2. The molecule has 0 bridgehead atoms. The van der Waals surface area contributed by atoms with Crippen molar-refractivity contribution in [3.05, 3.63) is 65.2 Å². The smallest absolute Gasteiger partial charge is 0.238 e. The number of nitrogens with one attached hydrogen (secondary N) is 1. The molecule has 2 atom stereocenters. The van der Waals surface area contributed by atoms with Gasteiger partial charge in [-0.2, -0.15) is 0 Å². The lowest BCUT2D eigenvalue weighted by Crippen LogP contribution is -2.46. The van der Waals surface area contributed by atoms with Crippen molar-refractivity contribution < 1.29 is 4.79 Å². The van der Waals surface area contributed by atoms with Crippen molar-refractivity contribution in [1.82, 2.24) is 19.8 Å². The van der Waals surface area contributed by atoms with Crippen molar-refractivity contribution in [2.24, 2.45) is 0 Å². The summed E-state index contributed by atoms with van der Waals surface area (Å²) in [6.07, 6.45) is 1.85. The molecule has 8 heteroatoms. The Balaban J connectivity index is 1.73. The van der Waals surface area contributed by atoms with Gasteiger partial charge in [0.15, 0.2) is 5.82 Å². The molecule has 2 aromatic carbocycles. The molecule has 31 heavy (non-hydrogen) atoms. The predicted octanol–water partition coefficient (Wildman–Crippen LogP) is 5.01. The van der Waals surface area contributed by atoms with E-state index < -0.39 is 0 Å². The zero-order valence-corrected chi connectivity index (χ0v) is 19.2. The van der Waals surface area contributed by atoms with Gasteiger partial charge in [0.1, 0.15) is 5.25 Å². The first kappa shape index (κ1) is 21.7. The fraction of sp³-hybridized carbons (Fsp3) is 0.348. The van der Waals surface area contributed by atoms with Gasteiger partial charge in [-0.05, 0) is 30.5 Å². The van der Waals surface area contributed by atoms with Gasteiger partial charge >= 0.3 is 0 Å². The molecule has 0 aliphatic carbocycles. The lowest BCUT2D eigenvalue weighted by atomic mass is 10.0. The molecule has 1 N–H and O–H groups in total. The monoisotopic (exact) mass is 455 g/mol. The molecule has 6 nitrogen and oxygen atoms in total. The van der Waals surface area contributed by atoms with Crippen LogP contribution in [0.5, 0.6) is 0 Å². The van der Waals surface area contributed by atoms with Crippen LogP contribution in [0.4, 0.5) is 0 Å². The Labute approximate surface area is 192 Å². The van der Waals surface area contributed by atoms with Crippen LogP contribution in [0.3, 0.4) is 0 Å². The molecule has 0 saturated heterocycles. The summed E-state index contributed by atoms with van der Waals surface area (Å²) >= 11 is 7.60. The molecule has 1 aromatic heterocycles. The number of amides is 1. The van der Waals surface area contributed by atoms with Crippen LogP contribution >= 0.6 is 23.4 Å². The summed E-state index contributed by atoms with van der Waals surface area (Å²) in [6.45, 7) is 5.70. The van der Waals surface area contributed by atoms with Crippen LogP contribution in [0.15, 0.2) is 59.8 Å². The third-order valence-electron chi connectivity index (χ3n) is 5.24. The molecule has 1 aliphatic heterocycles. The second-order valence-electron chi connectivity index (χ2n) is 7.53. The van der Waals surface area contributed by atoms with E-state index in [-0.39, 0.29) is 17.2 Å². The lowest BCUT2D eigenvalue weighted by Gasteiger charge is -2.36. The summed E-state index contributed by atoms with van der Waals surface area (Å²) in [4.78, 5) is 15.6. The number of aromatic nitrogens is 3. The zero-order valence-electron chi connectivity index (χ0n) is 17.7. The van der Waals surface area contributed by atoms with Crippen LogP contribution in [0.2, 0.25) is 5.02 Å². The standard InChI is InChI=1S/C23H26ClN5OS/c1-3-14-28(15-4-2)22(30)20-19(16-10-12-18(24)13-11-16)27-29-21(25-26-23(29)31-20)17-8-6-5-7-9-17/h5-13,19-20,27H,3-4,14-15H2,1-2H3/t19-,20+/m0/s1. The van der Waals surface area contributed by atoms with Gasteiger partial charge in [-0.25, -0.2) is 4.68 Å². The van der Waals surface area contributed by atoms with Crippen LogP contribution in [0.25, 0.3) is 11.4 Å². The Bertz CT molecular complexity index is 1020. The number of carbonyl (C=O) groups excluding carboxylic acids is 1. The SMILES string of the molecule is CCCN(CCC)C(=O)[C@@H]1Sc2nnc(-c3ccccc3)n2N[C@H]1c1ccc(Cl)cc1. The summed E-state index contributed by atoms with van der Waals surface area (Å²) in [6, 6.07) is 17.4. The number of fused-ring (bicyclic) bond motifs is 1. The molecule has 0 spiro atoms. The average Bonchev–Trinajstić information content (AvgIpc) is 3.22. The summed E-state index contributed by atoms with van der Waals surface area (Å²) in [7, 11) is 0. The molecule has 2 heterocycles. The third-order valence-corrected chi connectivity index (χ3v) is 6.69. The molecule has 1 aliphatic rings. The second kappa shape index (κ2) is 9.75. The van der Waals surface area contributed by atoms with Crippen molar-refractivity contribution in [1.29, 1.82) is 0 Å². The van der Waals surface area contributed by atoms with E-state index in [4.69, 9.17) is 11.6 Å². The van der Waals surface area contributed by atoms with Gasteiger partial charge in [-0.15, -0.1) is 10.2 Å². The highest BCUT2D eigenvalue weighted by molar-refractivity contribution is 8.00. The Hall–Kier alpha value is -2.51. The highest BCUT2D eigenvalue weighted by atomic mass is 35.5. The van der Waals surface area contributed by atoms with Crippen LogP contribution in [-0.2, 0) is 4.79 Å². The number of hydrogen-bond acceptors (Lipinski definition) is 5. The number of halogens is 1. The van der Waals surface area contributed by atoms with E-state index in [1.165, 1.54) is 11.8 Å². The topological polar surface area (TPSA) is 63.1 Å². The lowest BCUT2D eigenvalue weighted by molar-refractivity contribution is -0.131. The summed E-state index contributed by atoms with van der Waals surface area (Å²) < 4.78 is 1.90. The van der Waals surface area contributed by atoms with Gasteiger partial charge < -0.3 is 10.3 Å². The average molecular weight is 456 g/mol. The number of nitrogens with zero attached hydrogens (tertiary/aromatic N) is 4. The van der Waals surface area contributed by atoms with Gasteiger partial charge in [0.2, 0.25) is 11.1 Å². The van der Waals surface area contributed by atoms with Crippen molar-refractivity contribution in [2.75, 3.05) is 18.5 Å². The Morgan fingerprint density at radius 3 is 2.39 bits per heavy atom. The number of rotatable bonds is 7. The third kappa shape index (κ3) is 4.57. The van der Waals surface area contributed by atoms with Crippen LogP contribution in [0.1, 0.15) is 38.3 Å². The van der Waals surface area contributed by atoms with E-state index in [0.29, 0.717) is 10.2 Å². The van der Waals surface area contributed by atoms with Crippen molar-refractivity contribution in [2.45, 2.75) is 43.1 Å². The minimum absolute atomic E-state index is 0.122. The maximum Gasteiger partial charge on any atom is 0.238 e. The molecular formula is C23H26ClN5OS. The van der Waals surface area contributed by atoms with Crippen LogP contribution in [-0.4, -0.2) is 44.0 Å². The first-order valence-electron chi connectivity index (χ1n) is 10.6. The number of thioether (sulfide) groups is 1. The van der Waals surface area contributed by atoms with Gasteiger partial charge in [0.05, 0.1) is 6.04 Å². The summed E-state index contributed by atoms with van der Waals surface area (Å²) in [5.74, 6) is 0.851. The van der Waals surface area contributed by atoms with E-state index in [2.05, 4.69) is 29.5 Å². The zero-order chi connectivity index (χ0) is 21.8. The quantitative estimate of drug-likeness (QED) is 0.542. The summed E-state index contributed by atoms with van der Waals surface area (Å²) in [5.41, 5.74) is 5.50. The Morgan fingerprint density at radius 2 is 1.74 bits per heavy atom. The van der Waals surface area contributed by atoms with Gasteiger partial charge in [0, 0.05) is 23.7 Å². The molecular weight excluding hydrogens is 430 g/mol. The van der Waals surface area contributed by atoms with Crippen molar-refractivity contribution in [3.8, 4) is 11.4 Å². The van der Waals surface area contributed by atoms with Crippen LogP contribution < -0.4 is 5.43 Å². The minimum atomic E-state index is -0.348. The molecule has 0 fully saturated rings. The minimum Gasteiger partial charge on any atom is -0.342 e. The van der Waals surface area contributed by atoms with E-state index in [1.807, 2.05) is 64.2 Å². The highest BCUT2D eigenvalue weighted by Crippen LogP contribution is 2.39. The first-order chi connectivity index (χ1) is 15.1. The Morgan fingerprint density at radius 1 is 1.06 bits per heavy atom. The van der Waals surface area contributed by atoms with E-state index in [9.17, 15) is 4.79 Å². The van der Waals surface area contributed by atoms with Crippen molar-refractivity contribution >= 4 is 29.3 Å². The van der Waals surface area contributed by atoms with E-state index >= 15 is 0 Å². The first-order valence-corrected chi connectivity index (χ1v) is 11.9. The fourth-order valence-corrected chi connectivity index (χ4v) is 5.08. The normalized spacial score (nSPS) is 17.6. The maximum absolute atomic E-state index is 13.6. The van der Waals surface area contributed by atoms with E-state index in [1.54, 1.807) is 0 Å². The van der Waals surface area contributed by atoms with Crippen LogP contribution in [0, 0.1) is 0 Å². The molecule has 162 valence electrons. The molecule has 0 unspecified atom stereocenters. The fourth-order valence-electron chi connectivity index (χ4n) is 3.79. The molecule has 0 saturated carbocycles. The van der Waals surface area contributed by atoms with E-state index in [0.717, 1.165) is 42.9 Å².